The number of nitrogens with one attached hydrogen (secondary N) is 1. The van der Waals surface area contributed by atoms with Gasteiger partial charge in [0.25, 0.3) is 0 Å². The fraction of sp³-hybridized carbons (Fsp3) is 0.636. The number of hydrogen-bond acceptors (Lipinski definition) is 2. The maximum absolute atomic E-state index is 10.9. The molecule has 0 saturated carbocycles. The van der Waals surface area contributed by atoms with Gasteiger partial charge in [0.15, 0.2) is 5.69 Å². The number of carbonyl (C=O) groups is 1. The Hall–Kier alpha value is -1.32. The number of hydrogen-bond donors (Lipinski definition) is 2. The van der Waals surface area contributed by atoms with Crippen molar-refractivity contribution in [3.05, 3.63) is 17.0 Å². The van der Waals surface area contributed by atoms with Crippen molar-refractivity contribution in [1.82, 2.24) is 10.2 Å². The second-order valence-corrected chi connectivity index (χ2v) is 4.39. The Labute approximate surface area is 88.7 Å². The Morgan fingerprint density at radius 3 is 3.00 bits per heavy atom. The molecule has 2 unspecified atom stereocenters. The summed E-state index contributed by atoms with van der Waals surface area (Å²) in [6, 6.07) is 0. The van der Waals surface area contributed by atoms with Gasteiger partial charge in [-0.2, -0.15) is 5.10 Å². The second-order valence-electron chi connectivity index (χ2n) is 4.39. The van der Waals surface area contributed by atoms with Crippen molar-refractivity contribution in [3.8, 4) is 0 Å². The zero-order chi connectivity index (χ0) is 11.0. The van der Waals surface area contributed by atoms with Crippen LogP contribution in [0.4, 0.5) is 0 Å². The van der Waals surface area contributed by atoms with Crippen LogP contribution in [0.3, 0.4) is 0 Å². The molecule has 0 aromatic carbocycles. The Morgan fingerprint density at radius 1 is 1.67 bits per heavy atom. The highest BCUT2D eigenvalue weighted by molar-refractivity contribution is 5.87. The summed E-state index contributed by atoms with van der Waals surface area (Å²) < 4.78 is 0. The fourth-order valence-corrected chi connectivity index (χ4v) is 2.30. The molecule has 0 radical (unpaired) electrons. The summed E-state index contributed by atoms with van der Waals surface area (Å²) >= 11 is 0. The Kier molecular flexibility index (Phi) is 2.50. The molecule has 1 aliphatic rings. The number of nitrogens with zero attached hydrogens (tertiary/aromatic N) is 1. The summed E-state index contributed by atoms with van der Waals surface area (Å²) in [5.74, 6) is 0.307. The van der Waals surface area contributed by atoms with E-state index in [1.165, 1.54) is 0 Å². The van der Waals surface area contributed by atoms with Gasteiger partial charge in [0.05, 0.1) is 0 Å². The molecule has 0 aliphatic heterocycles. The van der Waals surface area contributed by atoms with Crippen LogP contribution < -0.4 is 0 Å². The van der Waals surface area contributed by atoms with Gasteiger partial charge in [-0.3, -0.25) is 5.10 Å². The first-order chi connectivity index (χ1) is 7.13. The van der Waals surface area contributed by atoms with E-state index in [2.05, 4.69) is 24.0 Å². The molecule has 1 heterocycles. The second kappa shape index (κ2) is 3.68. The Morgan fingerprint density at radius 2 is 2.40 bits per heavy atom. The van der Waals surface area contributed by atoms with Crippen molar-refractivity contribution < 1.29 is 9.90 Å². The molecule has 2 N–H and O–H groups in total. The Bertz CT molecular complexity index is 384. The van der Waals surface area contributed by atoms with E-state index in [1.54, 1.807) is 0 Å². The maximum Gasteiger partial charge on any atom is 0.356 e. The molecule has 82 valence electrons. The third-order valence-electron chi connectivity index (χ3n) is 3.54. The molecule has 0 bridgehead atoms. The fourth-order valence-electron chi connectivity index (χ4n) is 2.30. The van der Waals surface area contributed by atoms with Gasteiger partial charge in [-0.1, -0.05) is 20.3 Å². The lowest BCUT2D eigenvalue weighted by Crippen LogP contribution is -2.12. The monoisotopic (exact) mass is 208 g/mol. The number of aromatic nitrogens is 2. The van der Waals surface area contributed by atoms with E-state index < -0.39 is 5.97 Å². The summed E-state index contributed by atoms with van der Waals surface area (Å²) in [6.45, 7) is 4.40. The van der Waals surface area contributed by atoms with Crippen LogP contribution in [0, 0.1) is 11.8 Å². The maximum atomic E-state index is 10.9. The minimum Gasteiger partial charge on any atom is -0.476 e. The predicted octanol–water partition coefficient (Wildman–Crippen LogP) is 1.87. The molecule has 0 fully saturated rings. The molecule has 15 heavy (non-hydrogen) atoms. The number of rotatable bonds is 3. The normalized spacial score (nSPS) is 21.3. The average Bonchev–Trinajstić information content (AvgIpc) is 2.73. The number of fused-ring (bicyclic) bond motifs is 1. The van der Waals surface area contributed by atoms with Crippen molar-refractivity contribution in [2.75, 3.05) is 0 Å². The lowest BCUT2D eigenvalue weighted by molar-refractivity contribution is 0.0689. The molecule has 1 aromatic heterocycles. The SMILES string of the molecule is CCC(C)C1Cc2[nH]nc(C(=O)O)c2C1. The van der Waals surface area contributed by atoms with Crippen molar-refractivity contribution >= 4 is 5.97 Å². The minimum atomic E-state index is -0.919. The van der Waals surface area contributed by atoms with Crippen LogP contribution in [0.1, 0.15) is 42.0 Å². The number of aromatic amines is 1. The highest BCUT2D eigenvalue weighted by Gasteiger charge is 2.31. The molecule has 2 rings (SSSR count). The Balaban J connectivity index is 2.21. The van der Waals surface area contributed by atoms with E-state index in [9.17, 15) is 4.79 Å². The molecule has 4 nitrogen and oxygen atoms in total. The van der Waals surface area contributed by atoms with Crippen LogP contribution in [0.25, 0.3) is 0 Å². The van der Waals surface area contributed by atoms with Gasteiger partial charge in [-0.15, -0.1) is 0 Å². The lowest BCUT2D eigenvalue weighted by atomic mass is 9.89. The van der Waals surface area contributed by atoms with Gasteiger partial charge in [0.1, 0.15) is 0 Å². The average molecular weight is 208 g/mol. The molecule has 0 amide bonds. The number of aromatic carboxylic acids is 1. The summed E-state index contributed by atoms with van der Waals surface area (Å²) in [4.78, 5) is 10.9. The van der Waals surface area contributed by atoms with Crippen LogP contribution in [0.5, 0.6) is 0 Å². The van der Waals surface area contributed by atoms with Crippen LogP contribution >= 0.6 is 0 Å². The van der Waals surface area contributed by atoms with E-state index in [-0.39, 0.29) is 5.69 Å². The van der Waals surface area contributed by atoms with E-state index in [0.29, 0.717) is 11.8 Å². The quantitative estimate of drug-likeness (QED) is 0.796. The standard InChI is InChI=1S/C11H16N2O2/c1-3-6(2)7-4-8-9(5-7)12-13-10(8)11(14)15/h6-7H,3-5H2,1-2H3,(H,12,13)(H,14,15). The minimum absolute atomic E-state index is 0.218. The highest BCUT2D eigenvalue weighted by Crippen LogP contribution is 2.33. The van der Waals surface area contributed by atoms with E-state index in [1.807, 2.05) is 0 Å². The van der Waals surface area contributed by atoms with E-state index in [4.69, 9.17) is 5.11 Å². The van der Waals surface area contributed by atoms with E-state index in [0.717, 1.165) is 30.5 Å². The van der Waals surface area contributed by atoms with Gasteiger partial charge in [-0.05, 0) is 24.7 Å². The summed E-state index contributed by atoms with van der Waals surface area (Å²) in [5, 5.41) is 15.6. The highest BCUT2D eigenvalue weighted by atomic mass is 16.4. The number of H-pyrrole nitrogens is 1. The molecule has 0 saturated heterocycles. The smallest absolute Gasteiger partial charge is 0.356 e. The van der Waals surface area contributed by atoms with Gasteiger partial charge >= 0.3 is 5.97 Å². The van der Waals surface area contributed by atoms with Crippen molar-refractivity contribution in [3.63, 3.8) is 0 Å². The number of carboxylic acid groups (broad SMARTS) is 1. The van der Waals surface area contributed by atoms with Crippen LogP contribution in [0.2, 0.25) is 0 Å². The largest absolute Gasteiger partial charge is 0.476 e. The van der Waals surface area contributed by atoms with E-state index >= 15 is 0 Å². The lowest BCUT2D eigenvalue weighted by Gasteiger charge is -2.16. The summed E-state index contributed by atoms with van der Waals surface area (Å²) in [7, 11) is 0. The number of carboxylic acids is 1. The molecule has 2 atom stereocenters. The molecule has 4 heteroatoms. The predicted molar refractivity (Wildman–Crippen MR) is 55.9 cm³/mol. The van der Waals surface area contributed by atoms with Crippen LogP contribution in [0.15, 0.2) is 0 Å². The van der Waals surface area contributed by atoms with Gasteiger partial charge in [-0.25, -0.2) is 4.79 Å². The zero-order valence-corrected chi connectivity index (χ0v) is 9.08. The summed E-state index contributed by atoms with van der Waals surface area (Å²) in [5.41, 5.74) is 2.17. The zero-order valence-electron chi connectivity index (χ0n) is 9.08. The summed E-state index contributed by atoms with van der Waals surface area (Å²) in [6.07, 6.45) is 2.96. The van der Waals surface area contributed by atoms with Crippen molar-refractivity contribution in [2.24, 2.45) is 11.8 Å². The van der Waals surface area contributed by atoms with Gasteiger partial charge in [0.2, 0.25) is 0 Å². The van der Waals surface area contributed by atoms with Gasteiger partial charge in [0, 0.05) is 11.3 Å². The first-order valence-corrected chi connectivity index (χ1v) is 5.42. The van der Waals surface area contributed by atoms with Crippen LogP contribution in [-0.2, 0) is 12.8 Å². The topological polar surface area (TPSA) is 66.0 Å². The van der Waals surface area contributed by atoms with Crippen molar-refractivity contribution in [1.29, 1.82) is 0 Å². The molecule has 0 spiro atoms. The third-order valence-corrected chi connectivity index (χ3v) is 3.54. The van der Waals surface area contributed by atoms with Gasteiger partial charge < -0.3 is 5.11 Å². The molecule has 1 aliphatic carbocycles. The first kappa shape index (κ1) is 10.2. The molecular formula is C11H16N2O2. The molecule has 1 aromatic rings. The first-order valence-electron chi connectivity index (χ1n) is 5.42. The molecular weight excluding hydrogens is 192 g/mol. The van der Waals surface area contributed by atoms with Crippen molar-refractivity contribution in [2.45, 2.75) is 33.1 Å². The third kappa shape index (κ3) is 1.64. The van der Waals surface area contributed by atoms with Crippen LogP contribution in [-0.4, -0.2) is 21.3 Å².